The van der Waals surface area contributed by atoms with Gasteiger partial charge < -0.3 is 10.1 Å². The number of aliphatic carboxylic acids is 1. The van der Waals surface area contributed by atoms with Crippen molar-refractivity contribution in [3.8, 4) is 0 Å². The van der Waals surface area contributed by atoms with Crippen molar-refractivity contribution in [2.24, 2.45) is 0 Å². The van der Waals surface area contributed by atoms with Crippen LogP contribution in [0.1, 0.15) is 28.2 Å². The summed E-state index contributed by atoms with van der Waals surface area (Å²) < 4.78 is 13.5. The summed E-state index contributed by atoms with van der Waals surface area (Å²) in [5.74, 6) is -1.26. The van der Waals surface area contributed by atoms with Crippen LogP contribution >= 0.6 is 23.1 Å². The molecule has 0 aliphatic heterocycles. The molecule has 3 aromatic rings. The van der Waals surface area contributed by atoms with Gasteiger partial charge in [0.05, 0.1) is 16.0 Å². The van der Waals surface area contributed by atoms with Gasteiger partial charge in [-0.2, -0.15) is 0 Å². The van der Waals surface area contributed by atoms with Crippen LogP contribution < -0.4 is 5.56 Å². The number of thiophene rings is 1. The fourth-order valence-corrected chi connectivity index (χ4v) is 5.18. The Morgan fingerprint density at radius 3 is 3.04 bits per heavy atom. The van der Waals surface area contributed by atoms with Gasteiger partial charge in [0.25, 0.3) is 5.56 Å². The van der Waals surface area contributed by atoms with Gasteiger partial charge in [-0.3, -0.25) is 9.59 Å². The van der Waals surface area contributed by atoms with Gasteiger partial charge in [0, 0.05) is 4.88 Å². The lowest BCUT2D eigenvalue weighted by Gasteiger charge is -2.06. The summed E-state index contributed by atoms with van der Waals surface area (Å²) in [6.45, 7) is 0. The number of benzene rings is 1. The number of aryl methyl sites for hydroxylation is 2. The van der Waals surface area contributed by atoms with Gasteiger partial charge >= 0.3 is 5.97 Å². The van der Waals surface area contributed by atoms with Crippen LogP contribution in [0.3, 0.4) is 0 Å². The largest absolute Gasteiger partial charge is 0.481 e. The van der Waals surface area contributed by atoms with E-state index in [9.17, 15) is 14.0 Å². The topological polar surface area (TPSA) is 83.0 Å². The van der Waals surface area contributed by atoms with Gasteiger partial charge in [0.15, 0.2) is 0 Å². The molecule has 0 fully saturated rings. The molecule has 0 atom stereocenters. The number of hydrogen-bond donors (Lipinski definition) is 2. The number of carbonyl (C=O) groups is 1. The van der Waals surface area contributed by atoms with E-state index in [4.69, 9.17) is 5.11 Å². The highest BCUT2D eigenvalue weighted by Crippen LogP contribution is 2.36. The van der Waals surface area contributed by atoms with Gasteiger partial charge in [0.2, 0.25) is 0 Å². The number of thioether (sulfide) groups is 1. The summed E-state index contributed by atoms with van der Waals surface area (Å²) >= 11 is 2.56. The summed E-state index contributed by atoms with van der Waals surface area (Å²) in [6, 6.07) is 5.96. The average Bonchev–Trinajstić information content (AvgIpc) is 3.19. The number of hydrogen-bond acceptors (Lipinski definition) is 5. The highest BCUT2D eigenvalue weighted by molar-refractivity contribution is 8.09. The van der Waals surface area contributed by atoms with Crippen molar-refractivity contribution in [3.63, 3.8) is 0 Å². The van der Waals surface area contributed by atoms with Crippen LogP contribution in [0.2, 0.25) is 0 Å². The fourth-order valence-electron chi connectivity index (χ4n) is 3.18. The minimum atomic E-state index is -0.983. The molecule has 138 valence electrons. The van der Waals surface area contributed by atoms with E-state index in [0.29, 0.717) is 26.5 Å². The summed E-state index contributed by atoms with van der Waals surface area (Å²) in [5, 5.41) is 9.67. The van der Waals surface area contributed by atoms with E-state index in [0.717, 1.165) is 36.6 Å². The van der Waals surface area contributed by atoms with E-state index in [1.165, 1.54) is 28.3 Å². The Bertz CT molecular complexity index is 1130. The SMILES string of the molecule is O=C(O)CS/C(=C\c1cccc(F)c1)c1nc2sc3c(c2c(=O)[nH]1)CCC3. The smallest absolute Gasteiger partial charge is 0.313 e. The maximum Gasteiger partial charge on any atom is 0.313 e. The molecule has 0 saturated heterocycles. The number of carboxylic acids is 1. The second-order valence-electron chi connectivity index (χ2n) is 6.20. The third kappa shape index (κ3) is 3.68. The first-order valence-corrected chi connectivity index (χ1v) is 10.2. The third-order valence-corrected chi connectivity index (χ3v) is 6.51. The summed E-state index contributed by atoms with van der Waals surface area (Å²) in [7, 11) is 0. The number of nitrogens with one attached hydrogen (secondary N) is 1. The number of aromatic nitrogens is 2. The predicted molar refractivity (Wildman–Crippen MR) is 107 cm³/mol. The van der Waals surface area contributed by atoms with Crippen molar-refractivity contribution in [1.29, 1.82) is 0 Å². The van der Waals surface area contributed by atoms with Crippen molar-refractivity contribution in [2.75, 3.05) is 5.75 Å². The zero-order valence-electron chi connectivity index (χ0n) is 14.1. The molecule has 0 bridgehead atoms. The first-order valence-electron chi connectivity index (χ1n) is 8.38. The fraction of sp³-hybridized carbons (Fsp3) is 0.211. The number of rotatable bonds is 5. The van der Waals surface area contributed by atoms with Gasteiger partial charge in [-0.1, -0.05) is 12.1 Å². The van der Waals surface area contributed by atoms with E-state index >= 15 is 0 Å². The molecule has 2 aromatic heterocycles. The van der Waals surface area contributed by atoms with E-state index in [2.05, 4.69) is 9.97 Å². The molecule has 8 heteroatoms. The van der Waals surface area contributed by atoms with Crippen LogP contribution in [-0.2, 0) is 17.6 Å². The Morgan fingerprint density at radius 2 is 2.26 bits per heavy atom. The molecule has 2 N–H and O–H groups in total. The lowest BCUT2D eigenvalue weighted by Crippen LogP contribution is -2.11. The first kappa shape index (κ1) is 17.9. The standard InChI is InChI=1S/C19H15FN2O3S2/c20-11-4-1-3-10(7-11)8-14(26-9-15(23)24)17-21-18(25)16-12-5-2-6-13(12)27-19(16)22-17/h1,3-4,7-8H,2,5-6,9H2,(H,23,24)(H,21,22,25)/b14-8-. The Hall–Kier alpha value is -2.45. The third-order valence-electron chi connectivity index (χ3n) is 4.31. The van der Waals surface area contributed by atoms with E-state index in [1.807, 2.05) is 0 Å². The molecule has 2 heterocycles. The number of fused-ring (bicyclic) bond motifs is 3. The molecule has 0 radical (unpaired) electrons. The molecular formula is C19H15FN2O3S2. The number of aromatic amines is 1. The highest BCUT2D eigenvalue weighted by Gasteiger charge is 2.22. The van der Waals surface area contributed by atoms with Crippen LogP contribution in [0.5, 0.6) is 0 Å². The Balaban J connectivity index is 1.82. The maximum atomic E-state index is 13.5. The zero-order valence-corrected chi connectivity index (χ0v) is 15.8. The lowest BCUT2D eigenvalue weighted by atomic mass is 10.2. The quantitative estimate of drug-likeness (QED) is 0.676. The minimum Gasteiger partial charge on any atom is -0.481 e. The van der Waals surface area contributed by atoms with Gasteiger partial charge in [-0.15, -0.1) is 23.1 Å². The molecule has 5 nitrogen and oxygen atoms in total. The van der Waals surface area contributed by atoms with Gasteiger partial charge in [-0.25, -0.2) is 9.37 Å². The van der Waals surface area contributed by atoms with E-state index < -0.39 is 11.8 Å². The predicted octanol–water partition coefficient (Wildman–Crippen LogP) is 3.93. The molecule has 27 heavy (non-hydrogen) atoms. The van der Waals surface area contributed by atoms with Crippen molar-refractivity contribution < 1.29 is 14.3 Å². The second-order valence-corrected chi connectivity index (χ2v) is 8.30. The second kappa shape index (κ2) is 7.28. The molecule has 0 saturated carbocycles. The number of H-pyrrole nitrogens is 1. The van der Waals surface area contributed by atoms with Crippen LogP contribution in [0.4, 0.5) is 4.39 Å². The lowest BCUT2D eigenvalue weighted by molar-refractivity contribution is -0.133. The number of nitrogens with zero attached hydrogens (tertiary/aromatic N) is 1. The maximum absolute atomic E-state index is 13.5. The first-order chi connectivity index (χ1) is 13.0. The molecular weight excluding hydrogens is 387 g/mol. The van der Waals surface area contributed by atoms with Gasteiger partial charge in [0.1, 0.15) is 16.5 Å². The molecule has 1 aliphatic rings. The van der Waals surface area contributed by atoms with Crippen LogP contribution in [-0.4, -0.2) is 26.8 Å². The van der Waals surface area contributed by atoms with Crippen molar-refractivity contribution in [1.82, 2.24) is 9.97 Å². The van der Waals surface area contributed by atoms with E-state index in [-0.39, 0.29) is 11.3 Å². The molecule has 4 rings (SSSR count). The molecule has 0 unspecified atom stereocenters. The van der Waals surface area contributed by atoms with Gasteiger partial charge in [-0.05, 0) is 48.6 Å². The Morgan fingerprint density at radius 1 is 1.41 bits per heavy atom. The van der Waals surface area contributed by atoms with Crippen LogP contribution in [0.15, 0.2) is 29.1 Å². The van der Waals surface area contributed by atoms with Crippen molar-refractivity contribution >= 4 is 50.3 Å². The number of carboxylic acid groups (broad SMARTS) is 1. The molecule has 1 aliphatic carbocycles. The number of halogens is 1. The van der Waals surface area contributed by atoms with Crippen LogP contribution in [0, 0.1) is 5.82 Å². The average molecular weight is 402 g/mol. The molecule has 1 aromatic carbocycles. The van der Waals surface area contributed by atoms with E-state index in [1.54, 1.807) is 18.2 Å². The normalized spacial score (nSPS) is 13.9. The van der Waals surface area contributed by atoms with Crippen molar-refractivity contribution in [2.45, 2.75) is 19.3 Å². The minimum absolute atomic E-state index is 0.191. The summed E-state index contributed by atoms with van der Waals surface area (Å²) in [4.78, 5) is 33.4. The van der Waals surface area contributed by atoms with Crippen LogP contribution in [0.25, 0.3) is 21.2 Å². The highest BCUT2D eigenvalue weighted by atomic mass is 32.2. The summed E-state index contributed by atoms with van der Waals surface area (Å²) in [5.41, 5.74) is 1.44. The Kier molecular flexibility index (Phi) is 4.84. The molecule has 0 amide bonds. The van der Waals surface area contributed by atoms with Crippen molar-refractivity contribution in [3.05, 3.63) is 62.3 Å². The molecule has 0 spiro atoms. The Labute approximate surface area is 162 Å². The monoisotopic (exact) mass is 402 g/mol. The zero-order chi connectivity index (χ0) is 19.0. The summed E-state index contributed by atoms with van der Waals surface area (Å²) in [6.07, 6.45) is 4.55.